The molecule has 2 N–H and O–H groups in total. The van der Waals surface area contributed by atoms with Gasteiger partial charge in [-0.2, -0.15) is 5.10 Å². The molecule has 1 aromatic rings. The molecule has 0 radical (unpaired) electrons. The van der Waals surface area contributed by atoms with E-state index in [1.807, 2.05) is 31.2 Å². The molecule has 0 fully saturated rings. The van der Waals surface area contributed by atoms with Crippen LogP contribution < -0.4 is 15.5 Å². The average Bonchev–Trinajstić information content (AvgIpc) is 2.62. The van der Waals surface area contributed by atoms with Gasteiger partial charge in [0.05, 0.1) is 19.9 Å². The van der Waals surface area contributed by atoms with Crippen molar-refractivity contribution < 1.29 is 14.3 Å². The van der Waals surface area contributed by atoms with Crippen molar-refractivity contribution in [3.8, 4) is 5.75 Å². The van der Waals surface area contributed by atoms with E-state index in [2.05, 4.69) is 20.6 Å². The van der Waals surface area contributed by atoms with Crippen molar-refractivity contribution in [3.05, 3.63) is 29.8 Å². The first-order chi connectivity index (χ1) is 11.6. The summed E-state index contributed by atoms with van der Waals surface area (Å²) in [5.74, 6) is 0.622. The van der Waals surface area contributed by atoms with Crippen LogP contribution in [0.1, 0.15) is 38.2 Å². The van der Waals surface area contributed by atoms with Gasteiger partial charge in [0.25, 0.3) is 0 Å². The topological polar surface area (TPSA) is 72.0 Å². The molecule has 0 unspecified atom stereocenters. The number of ether oxygens (including phenoxy) is 2. The summed E-state index contributed by atoms with van der Waals surface area (Å²) in [6.45, 7) is 2.64. The Hall–Kier alpha value is -2.15. The van der Waals surface area contributed by atoms with E-state index >= 15 is 0 Å². The van der Waals surface area contributed by atoms with Crippen LogP contribution in [0.3, 0.4) is 0 Å². The Kier molecular flexibility index (Phi) is 9.45. The van der Waals surface area contributed by atoms with Crippen molar-refractivity contribution in [1.29, 1.82) is 0 Å². The zero-order valence-electron chi connectivity index (χ0n) is 14.4. The number of rotatable bonds is 9. The maximum absolute atomic E-state index is 11.0. The van der Waals surface area contributed by atoms with Gasteiger partial charge >= 0.3 is 5.97 Å². The number of carbonyl (C=O) groups is 1. The average molecular weight is 351 g/mol. The Morgan fingerprint density at radius 3 is 2.75 bits per heavy atom. The Bertz CT molecular complexity index is 576. The SMILES string of the molecule is COC(=O)CCCCCNC(=S)N/N=C(/C)c1cccc(OC)c1. The van der Waals surface area contributed by atoms with Gasteiger partial charge in [0.2, 0.25) is 0 Å². The maximum atomic E-state index is 11.0. The summed E-state index contributed by atoms with van der Waals surface area (Å²) >= 11 is 5.18. The van der Waals surface area contributed by atoms with E-state index < -0.39 is 0 Å². The zero-order chi connectivity index (χ0) is 17.8. The third kappa shape index (κ3) is 7.92. The normalized spacial score (nSPS) is 10.9. The third-order valence-corrected chi connectivity index (χ3v) is 3.62. The molecule has 0 aliphatic rings. The molecule has 0 spiro atoms. The summed E-state index contributed by atoms with van der Waals surface area (Å²) in [5.41, 5.74) is 4.61. The van der Waals surface area contributed by atoms with E-state index in [1.54, 1.807) is 7.11 Å². The molecule has 24 heavy (non-hydrogen) atoms. The number of hydrazone groups is 1. The summed E-state index contributed by atoms with van der Waals surface area (Å²) in [6, 6.07) is 7.67. The smallest absolute Gasteiger partial charge is 0.305 e. The van der Waals surface area contributed by atoms with Crippen molar-refractivity contribution in [2.75, 3.05) is 20.8 Å². The number of benzene rings is 1. The number of thiocarbonyl (C=S) groups is 1. The van der Waals surface area contributed by atoms with E-state index in [4.69, 9.17) is 17.0 Å². The van der Waals surface area contributed by atoms with Crippen LogP contribution in [0.25, 0.3) is 0 Å². The highest BCUT2D eigenvalue weighted by molar-refractivity contribution is 7.80. The van der Waals surface area contributed by atoms with Crippen molar-refractivity contribution in [2.24, 2.45) is 5.10 Å². The fourth-order valence-electron chi connectivity index (χ4n) is 1.96. The second kappa shape index (κ2) is 11.4. The summed E-state index contributed by atoms with van der Waals surface area (Å²) in [6.07, 6.45) is 3.15. The standard InChI is InChI=1S/C17H25N3O3S/c1-13(14-8-7-9-15(12-14)22-2)19-20-17(24)18-11-6-4-5-10-16(21)23-3/h7-9,12H,4-6,10-11H2,1-3H3,(H2,18,20,24)/b19-13-. The number of hydrogen-bond donors (Lipinski definition) is 2. The molecule has 0 heterocycles. The largest absolute Gasteiger partial charge is 0.497 e. The lowest BCUT2D eigenvalue weighted by molar-refractivity contribution is -0.140. The van der Waals surface area contributed by atoms with Gasteiger partial charge in [-0.25, -0.2) is 0 Å². The van der Waals surface area contributed by atoms with E-state index in [1.165, 1.54) is 7.11 Å². The monoisotopic (exact) mass is 351 g/mol. The molecule has 0 aromatic heterocycles. The van der Waals surface area contributed by atoms with Crippen molar-refractivity contribution in [1.82, 2.24) is 10.7 Å². The second-order valence-electron chi connectivity index (χ2n) is 5.18. The van der Waals surface area contributed by atoms with E-state index in [9.17, 15) is 4.79 Å². The molecule has 1 rings (SSSR count). The maximum Gasteiger partial charge on any atom is 0.305 e. The molecule has 1 aromatic carbocycles. The minimum absolute atomic E-state index is 0.164. The minimum Gasteiger partial charge on any atom is -0.497 e. The number of methoxy groups -OCH3 is 2. The molecule has 132 valence electrons. The van der Waals surface area contributed by atoms with Crippen LogP contribution in [0.5, 0.6) is 5.75 Å². The first-order valence-corrected chi connectivity index (χ1v) is 8.27. The van der Waals surface area contributed by atoms with Crippen LogP contribution in [-0.4, -0.2) is 37.6 Å². The Morgan fingerprint density at radius 2 is 2.04 bits per heavy atom. The number of carbonyl (C=O) groups excluding carboxylic acids is 1. The number of nitrogens with one attached hydrogen (secondary N) is 2. The quantitative estimate of drug-likeness (QED) is 0.234. The molecule has 0 saturated heterocycles. The number of nitrogens with zero attached hydrogens (tertiary/aromatic N) is 1. The Balaban J connectivity index is 2.26. The van der Waals surface area contributed by atoms with Gasteiger partial charge in [0, 0.05) is 18.5 Å². The van der Waals surface area contributed by atoms with E-state index in [-0.39, 0.29) is 5.97 Å². The van der Waals surface area contributed by atoms with E-state index in [0.29, 0.717) is 11.5 Å². The molecule has 0 aliphatic carbocycles. The summed E-state index contributed by atoms with van der Waals surface area (Å²) in [7, 11) is 3.04. The van der Waals surface area contributed by atoms with Crippen LogP contribution in [0, 0.1) is 0 Å². The number of unbranched alkanes of at least 4 members (excludes halogenated alkanes) is 2. The highest BCUT2D eigenvalue weighted by Gasteiger charge is 2.01. The molecule has 0 aliphatic heterocycles. The number of hydrogen-bond acceptors (Lipinski definition) is 5. The molecular weight excluding hydrogens is 326 g/mol. The van der Waals surface area contributed by atoms with Crippen molar-refractivity contribution >= 4 is 29.0 Å². The summed E-state index contributed by atoms with van der Waals surface area (Å²) in [4.78, 5) is 11.0. The van der Waals surface area contributed by atoms with E-state index in [0.717, 1.165) is 42.8 Å². The molecule has 0 saturated carbocycles. The van der Waals surface area contributed by atoms with Gasteiger partial charge in [-0.3, -0.25) is 10.2 Å². The molecule has 0 amide bonds. The van der Waals surface area contributed by atoms with Crippen LogP contribution in [-0.2, 0) is 9.53 Å². The zero-order valence-corrected chi connectivity index (χ0v) is 15.2. The fourth-order valence-corrected chi connectivity index (χ4v) is 2.11. The first kappa shape index (κ1) is 19.9. The van der Waals surface area contributed by atoms with Gasteiger partial charge in [-0.15, -0.1) is 0 Å². The van der Waals surface area contributed by atoms with Gasteiger partial charge in [-0.1, -0.05) is 18.6 Å². The molecule has 7 heteroatoms. The Morgan fingerprint density at radius 1 is 1.25 bits per heavy atom. The fraction of sp³-hybridized carbons (Fsp3) is 0.471. The molecular formula is C17H25N3O3S. The van der Waals surface area contributed by atoms with Crippen LogP contribution in [0.15, 0.2) is 29.4 Å². The van der Waals surface area contributed by atoms with Gasteiger partial charge in [0.15, 0.2) is 5.11 Å². The predicted octanol–water partition coefficient (Wildman–Crippen LogP) is 2.62. The first-order valence-electron chi connectivity index (χ1n) is 7.86. The highest BCUT2D eigenvalue weighted by Crippen LogP contribution is 2.13. The lowest BCUT2D eigenvalue weighted by Gasteiger charge is -2.08. The molecule has 0 atom stereocenters. The van der Waals surface area contributed by atoms with Crippen LogP contribution in [0.4, 0.5) is 0 Å². The minimum atomic E-state index is -0.164. The van der Waals surface area contributed by atoms with Crippen molar-refractivity contribution in [3.63, 3.8) is 0 Å². The predicted molar refractivity (Wildman–Crippen MR) is 99.4 cm³/mol. The summed E-state index contributed by atoms with van der Waals surface area (Å²) < 4.78 is 9.79. The lowest BCUT2D eigenvalue weighted by Crippen LogP contribution is -2.33. The molecule has 6 nitrogen and oxygen atoms in total. The van der Waals surface area contributed by atoms with Crippen LogP contribution in [0.2, 0.25) is 0 Å². The molecule has 0 bridgehead atoms. The van der Waals surface area contributed by atoms with Gasteiger partial charge in [-0.05, 0) is 44.1 Å². The highest BCUT2D eigenvalue weighted by atomic mass is 32.1. The van der Waals surface area contributed by atoms with Crippen LogP contribution >= 0.6 is 12.2 Å². The van der Waals surface area contributed by atoms with Gasteiger partial charge < -0.3 is 14.8 Å². The Labute approximate surface area is 148 Å². The third-order valence-electron chi connectivity index (χ3n) is 3.38. The van der Waals surface area contributed by atoms with Gasteiger partial charge in [0.1, 0.15) is 5.75 Å². The van der Waals surface area contributed by atoms with Crippen molar-refractivity contribution in [2.45, 2.75) is 32.6 Å². The second-order valence-corrected chi connectivity index (χ2v) is 5.59. The summed E-state index contributed by atoms with van der Waals surface area (Å²) in [5, 5.41) is 7.83. The lowest BCUT2D eigenvalue weighted by atomic mass is 10.1. The number of esters is 1.